The van der Waals surface area contributed by atoms with Gasteiger partial charge >= 0.3 is 0 Å². The normalized spacial score (nSPS) is 15.1. The first-order valence-corrected chi connectivity index (χ1v) is 8.23. The molecule has 1 saturated heterocycles. The maximum absolute atomic E-state index is 12.6. The van der Waals surface area contributed by atoms with Gasteiger partial charge in [0.1, 0.15) is 0 Å². The van der Waals surface area contributed by atoms with Crippen LogP contribution in [0.4, 0.5) is 0 Å². The molecule has 0 spiro atoms. The Hall–Kier alpha value is -2.64. The molecule has 0 aliphatic carbocycles. The van der Waals surface area contributed by atoms with Crippen LogP contribution in [-0.4, -0.2) is 41.9 Å². The molecule has 0 radical (unpaired) electrons. The molecule has 0 atom stereocenters. The van der Waals surface area contributed by atoms with Crippen LogP contribution in [0, 0.1) is 18.3 Å². The number of nitriles is 1. The van der Waals surface area contributed by atoms with Crippen molar-refractivity contribution in [1.29, 1.82) is 5.26 Å². The number of aryl methyl sites for hydroxylation is 1. The van der Waals surface area contributed by atoms with Gasteiger partial charge in [-0.05, 0) is 30.7 Å². The average Bonchev–Trinajstić information content (AvgIpc) is 2.62. The van der Waals surface area contributed by atoms with E-state index in [1.807, 2.05) is 4.90 Å². The fourth-order valence-electron chi connectivity index (χ4n) is 3.08. The van der Waals surface area contributed by atoms with E-state index < -0.39 is 0 Å². The Morgan fingerprint density at radius 1 is 1.08 bits per heavy atom. The first kappa shape index (κ1) is 16.2. The summed E-state index contributed by atoms with van der Waals surface area (Å²) in [6.07, 6.45) is 0. The van der Waals surface area contributed by atoms with Gasteiger partial charge in [-0.1, -0.05) is 35.9 Å². The monoisotopic (exact) mass is 319 g/mol. The predicted octanol–water partition coefficient (Wildman–Crippen LogP) is 2.82. The van der Waals surface area contributed by atoms with Crippen molar-refractivity contribution < 1.29 is 4.79 Å². The maximum atomic E-state index is 12.6. The van der Waals surface area contributed by atoms with E-state index in [9.17, 15) is 4.79 Å². The van der Waals surface area contributed by atoms with E-state index in [1.54, 1.807) is 24.3 Å². The lowest BCUT2D eigenvalue weighted by atomic mass is 10.1. The third kappa shape index (κ3) is 3.81. The van der Waals surface area contributed by atoms with Gasteiger partial charge in [0.15, 0.2) is 0 Å². The van der Waals surface area contributed by atoms with Crippen molar-refractivity contribution in [2.24, 2.45) is 0 Å². The number of hydrogen-bond acceptors (Lipinski definition) is 3. The minimum absolute atomic E-state index is 0.0160. The first-order valence-electron chi connectivity index (χ1n) is 8.23. The number of carbonyl (C=O) groups excluding carboxylic acids is 1. The molecule has 4 heteroatoms. The molecule has 24 heavy (non-hydrogen) atoms. The highest BCUT2D eigenvalue weighted by Crippen LogP contribution is 2.13. The Bertz CT molecular complexity index is 770. The second kappa shape index (κ2) is 7.29. The summed E-state index contributed by atoms with van der Waals surface area (Å²) in [6, 6.07) is 17.6. The molecule has 1 amide bonds. The van der Waals surface area contributed by atoms with Gasteiger partial charge in [-0.3, -0.25) is 9.69 Å². The zero-order valence-electron chi connectivity index (χ0n) is 13.9. The third-order valence-electron chi connectivity index (χ3n) is 4.39. The van der Waals surface area contributed by atoms with Crippen molar-refractivity contribution in [3.05, 3.63) is 70.8 Å². The van der Waals surface area contributed by atoms with E-state index in [1.165, 1.54) is 11.1 Å². The van der Waals surface area contributed by atoms with Crippen molar-refractivity contribution in [2.45, 2.75) is 13.5 Å². The van der Waals surface area contributed by atoms with Crippen molar-refractivity contribution >= 4 is 5.91 Å². The van der Waals surface area contributed by atoms with Crippen LogP contribution in [0.25, 0.3) is 0 Å². The van der Waals surface area contributed by atoms with Crippen molar-refractivity contribution in [1.82, 2.24) is 9.80 Å². The Kier molecular flexibility index (Phi) is 4.93. The highest BCUT2D eigenvalue weighted by Gasteiger charge is 2.22. The van der Waals surface area contributed by atoms with Crippen molar-refractivity contribution in [3.63, 3.8) is 0 Å². The second-order valence-electron chi connectivity index (χ2n) is 6.25. The van der Waals surface area contributed by atoms with Gasteiger partial charge in [0.05, 0.1) is 11.6 Å². The molecule has 1 aliphatic rings. The van der Waals surface area contributed by atoms with Crippen molar-refractivity contribution in [3.8, 4) is 6.07 Å². The van der Waals surface area contributed by atoms with E-state index in [0.29, 0.717) is 11.1 Å². The standard InChI is InChI=1S/C20H21N3O/c1-16-4-2-6-18(12-16)15-22-8-10-23(11-9-22)20(24)19-7-3-5-17(13-19)14-21/h2-7,12-13H,8-11,15H2,1H3. The number of hydrogen-bond donors (Lipinski definition) is 0. The fraction of sp³-hybridized carbons (Fsp3) is 0.300. The van der Waals surface area contributed by atoms with Gasteiger partial charge in [-0.25, -0.2) is 0 Å². The summed E-state index contributed by atoms with van der Waals surface area (Å²) in [5, 5.41) is 8.97. The van der Waals surface area contributed by atoms with Crippen LogP contribution >= 0.6 is 0 Å². The van der Waals surface area contributed by atoms with Crippen LogP contribution in [0.15, 0.2) is 48.5 Å². The zero-order chi connectivity index (χ0) is 16.9. The molecule has 4 nitrogen and oxygen atoms in total. The summed E-state index contributed by atoms with van der Waals surface area (Å²) in [4.78, 5) is 16.8. The van der Waals surface area contributed by atoms with Crippen LogP contribution in [0.1, 0.15) is 27.0 Å². The quantitative estimate of drug-likeness (QED) is 0.874. The van der Waals surface area contributed by atoms with Crippen LogP contribution in [0.2, 0.25) is 0 Å². The maximum Gasteiger partial charge on any atom is 0.253 e. The summed E-state index contributed by atoms with van der Waals surface area (Å²) in [7, 11) is 0. The van der Waals surface area contributed by atoms with Gasteiger partial charge in [0.25, 0.3) is 5.91 Å². The second-order valence-corrected chi connectivity index (χ2v) is 6.25. The Balaban J connectivity index is 1.58. The number of amides is 1. The van der Waals surface area contributed by atoms with Gasteiger partial charge in [-0.15, -0.1) is 0 Å². The largest absolute Gasteiger partial charge is 0.336 e. The molecule has 122 valence electrons. The highest BCUT2D eigenvalue weighted by atomic mass is 16.2. The van der Waals surface area contributed by atoms with Gasteiger partial charge in [0, 0.05) is 38.3 Å². The molecule has 2 aromatic carbocycles. The molecular formula is C20H21N3O. The minimum Gasteiger partial charge on any atom is -0.336 e. The van der Waals surface area contributed by atoms with E-state index in [4.69, 9.17) is 5.26 Å². The number of benzene rings is 2. The Labute approximate surface area is 142 Å². The van der Waals surface area contributed by atoms with Crippen molar-refractivity contribution in [2.75, 3.05) is 26.2 Å². The van der Waals surface area contributed by atoms with Gasteiger partial charge < -0.3 is 4.90 Å². The summed E-state index contributed by atoms with van der Waals surface area (Å²) >= 11 is 0. The summed E-state index contributed by atoms with van der Waals surface area (Å²) < 4.78 is 0. The predicted molar refractivity (Wildman–Crippen MR) is 93.5 cm³/mol. The van der Waals surface area contributed by atoms with Gasteiger partial charge in [0.2, 0.25) is 0 Å². The number of rotatable bonds is 3. The Morgan fingerprint density at radius 2 is 1.83 bits per heavy atom. The molecule has 0 bridgehead atoms. The number of carbonyl (C=O) groups is 1. The number of piperazine rings is 1. The molecule has 0 aromatic heterocycles. The molecule has 2 aromatic rings. The zero-order valence-corrected chi connectivity index (χ0v) is 13.9. The fourth-order valence-corrected chi connectivity index (χ4v) is 3.08. The van der Waals surface area contributed by atoms with E-state index in [2.05, 4.69) is 42.2 Å². The SMILES string of the molecule is Cc1cccc(CN2CCN(C(=O)c3cccc(C#N)c3)CC2)c1. The minimum atomic E-state index is 0.0160. The van der Waals surface area contributed by atoms with Crippen LogP contribution < -0.4 is 0 Å². The molecule has 3 rings (SSSR count). The molecule has 1 aliphatic heterocycles. The summed E-state index contributed by atoms with van der Waals surface area (Å²) in [5.74, 6) is 0.0160. The highest BCUT2D eigenvalue weighted by molar-refractivity contribution is 5.94. The van der Waals surface area contributed by atoms with Gasteiger partial charge in [-0.2, -0.15) is 5.26 Å². The lowest BCUT2D eigenvalue weighted by Crippen LogP contribution is -2.48. The summed E-state index contributed by atoms with van der Waals surface area (Å²) in [5.41, 5.74) is 3.72. The van der Waals surface area contributed by atoms with E-state index >= 15 is 0 Å². The van der Waals surface area contributed by atoms with E-state index in [-0.39, 0.29) is 5.91 Å². The lowest BCUT2D eigenvalue weighted by Gasteiger charge is -2.34. The molecule has 0 saturated carbocycles. The molecule has 1 fully saturated rings. The first-order chi connectivity index (χ1) is 11.7. The Morgan fingerprint density at radius 3 is 2.54 bits per heavy atom. The molecule has 1 heterocycles. The topological polar surface area (TPSA) is 47.3 Å². The van der Waals surface area contributed by atoms with E-state index in [0.717, 1.165) is 32.7 Å². The third-order valence-corrected chi connectivity index (χ3v) is 4.39. The average molecular weight is 319 g/mol. The molecule has 0 N–H and O–H groups in total. The molecule has 0 unspecified atom stereocenters. The smallest absolute Gasteiger partial charge is 0.253 e. The summed E-state index contributed by atoms with van der Waals surface area (Å²) in [6.45, 7) is 6.22. The van der Waals surface area contributed by atoms with Crippen LogP contribution in [0.5, 0.6) is 0 Å². The number of nitrogens with zero attached hydrogens (tertiary/aromatic N) is 3. The molecular weight excluding hydrogens is 298 g/mol. The lowest BCUT2D eigenvalue weighted by molar-refractivity contribution is 0.0628. The van der Waals surface area contributed by atoms with Crippen LogP contribution in [-0.2, 0) is 6.54 Å². The van der Waals surface area contributed by atoms with Crippen LogP contribution in [0.3, 0.4) is 0 Å².